The van der Waals surface area contributed by atoms with E-state index in [9.17, 15) is 0 Å². The fourth-order valence-electron chi connectivity index (χ4n) is 3.20. The molecule has 0 spiro atoms. The van der Waals surface area contributed by atoms with Crippen LogP contribution in [0.3, 0.4) is 0 Å². The Bertz CT molecular complexity index is 416. The molecule has 0 fully saturated rings. The molecule has 1 aromatic rings. The molecule has 2 atom stereocenters. The Morgan fingerprint density at radius 2 is 1.95 bits per heavy atom. The van der Waals surface area contributed by atoms with Crippen LogP contribution >= 0.6 is 0 Å². The lowest BCUT2D eigenvalue weighted by atomic mass is 9.95. The number of benzene rings is 1. The van der Waals surface area contributed by atoms with Crippen LogP contribution in [0, 0.1) is 0 Å². The molecular formula is C17H29N3. The van der Waals surface area contributed by atoms with Crippen LogP contribution in [-0.2, 0) is 13.0 Å². The molecular weight excluding hydrogens is 246 g/mol. The predicted octanol–water partition coefficient (Wildman–Crippen LogP) is 1.97. The van der Waals surface area contributed by atoms with Gasteiger partial charge in [0.1, 0.15) is 0 Å². The fraction of sp³-hybridized carbons (Fsp3) is 0.647. The molecule has 2 rings (SSSR count). The SMILES string of the molecule is CCN(CC1Cc2ccccc2CN1)C(C)CN(C)C. The number of hydrogen-bond acceptors (Lipinski definition) is 3. The molecule has 0 bridgehead atoms. The Labute approximate surface area is 124 Å². The Hall–Kier alpha value is -0.900. The maximum absolute atomic E-state index is 3.69. The van der Waals surface area contributed by atoms with Gasteiger partial charge < -0.3 is 10.2 Å². The lowest BCUT2D eigenvalue weighted by Gasteiger charge is -2.35. The topological polar surface area (TPSA) is 18.5 Å². The summed E-state index contributed by atoms with van der Waals surface area (Å²) >= 11 is 0. The van der Waals surface area contributed by atoms with Gasteiger partial charge in [0.05, 0.1) is 0 Å². The Morgan fingerprint density at radius 3 is 2.60 bits per heavy atom. The Balaban J connectivity index is 1.93. The number of nitrogens with one attached hydrogen (secondary N) is 1. The van der Waals surface area contributed by atoms with Gasteiger partial charge in [-0.05, 0) is 45.1 Å². The standard InChI is InChI=1S/C17H29N3/c1-5-20(14(2)12-19(3)4)13-17-10-15-8-6-7-9-16(15)11-18-17/h6-9,14,17-18H,5,10-13H2,1-4H3. The number of likely N-dealkylation sites (N-methyl/N-ethyl adjacent to an activating group) is 2. The number of nitrogens with zero attached hydrogens (tertiary/aromatic N) is 2. The highest BCUT2D eigenvalue weighted by Crippen LogP contribution is 2.17. The summed E-state index contributed by atoms with van der Waals surface area (Å²) in [5.74, 6) is 0. The second-order valence-electron chi connectivity index (χ2n) is 6.25. The molecule has 1 heterocycles. The molecule has 20 heavy (non-hydrogen) atoms. The zero-order valence-corrected chi connectivity index (χ0v) is 13.4. The molecule has 0 aliphatic carbocycles. The number of rotatable bonds is 6. The smallest absolute Gasteiger partial charge is 0.0238 e. The van der Waals surface area contributed by atoms with Crippen molar-refractivity contribution in [3.63, 3.8) is 0 Å². The first-order valence-electron chi connectivity index (χ1n) is 7.79. The van der Waals surface area contributed by atoms with Gasteiger partial charge in [0.25, 0.3) is 0 Å². The molecule has 0 saturated heterocycles. The minimum Gasteiger partial charge on any atom is -0.308 e. The molecule has 1 aliphatic rings. The molecule has 1 aliphatic heterocycles. The first-order chi connectivity index (χ1) is 9.60. The normalized spacial score (nSPS) is 20.2. The Kier molecular flexibility index (Phi) is 5.58. The zero-order chi connectivity index (χ0) is 14.5. The largest absolute Gasteiger partial charge is 0.308 e. The van der Waals surface area contributed by atoms with Crippen LogP contribution in [0.4, 0.5) is 0 Å². The summed E-state index contributed by atoms with van der Waals surface area (Å²) in [6, 6.07) is 10.0. The first kappa shape index (κ1) is 15.5. The van der Waals surface area contributed by atoms with E-state index in [-0.39, 0.29) is 0 Å². The quantitative estimate of drug-likeness (QED) is 0.856. The van der Waals surface area contributed by atoms with Crippen LogP contribution in [0.5, 0.6) is 0 Å². The maximum Gasteiger partial charge on any atom is 0.0238 e. The van der Waals surface area contributed by atoms with Crippen LogP contribution in [0.25, 0.3) is 0 Å². The van der Waals surface area contributed by atoms with E-state index in [0.717, 1.165) is 32.6 Å². The van der Waals surface area contributed by atoms with E-state index in [1.54, 1.807) is 0 Å². The molecule has 0 aromatic heterocycles. The van der Waals surface area contributed by atoms with Crippen molar-refractivity contribution in [2.24, 2.45) is 0 Å². The molecule has 1 aromatic carbocycles. The van der Waals surface area contributed by atoms with Gasteiger partial charge in [-0.2, -0.15) is 0 Å². The van der Waals surface area contributed by atoms with E-state index < -0.39 is 0 Å². The van der Waals surface area contributed by atoms with Crippen molar-refractivity contribution >= 4 is 0 Å². The summed E-state index contributed by atoms with van der Waals surface area (Å²) in [6.07, 6.45) is 1.15. The van der Waals surface area contributed by atoms with Gasteiger partial charge in [0.15, 0.2) is 0 Å². The highest BCUT2D eigenvalue weighted by molar-refractivity contribution is 5.29. The van der Waals surface area contributed by atoms with Crippen LogP contribution < -0.4 is 5.32 Å². The van der Waals surface area contributed by atoms with Crippen LogP contribution in [0.2, 0.25) is 0 Å². The van der Waals surface area contributed by atoms with Crippen LogP contribution in [-0.4, -0.2) is 55.6 Å². The lowest BCUT2D eigenvalue weighted by molar-refractivity contribution is 0.162. The molecule has 0 radical (unpaired) electrons. The number of hydrogen-bond donors (Lipinski definition) is 1. The predicted molar refractivity (Wildman–Crippen MR) is 86.0 cm³/mol. The summed E-state index contributed by atoms with van der Waals surface area (Å²) in [5, 5.41) is 3.69. The van der Waals surface area contributed by atoms with Gasteiger partial charge in [0.2, 0.25) is 0 Å². The van der Waals surface area contributed by atoms with E-state index in [1.165, 1.54) is 11.1 Å². The maximum atomic E-state index is 3.69. The van der Waals surface area contributed by atoms with Crippen LogP contribution in [0.15, 0.2) is 24.3 Å². The fourth-order valence-corrected chi connectivity index (χ4v) is 3.20. The molecule has 0 amide bonds. The van der Waals surface area contributed by atoms with E-state index >= 15 is 0 Å². The highest BCUT2D eigenvalue weighted by Gasteiger charge is 2.22. The average Bonchev–Trinajstić information content (AvgIpc) is 2.43. The minimum absolute atomic E-state index is 0.578. The third kappa shape index (κ3) is 4.05. The number of fused-ring (bicyclic) bond motifs is 1. The summed E-state index contributed by atoms with van der Waals surface area (Å²) in [6.45, 7) is 9.00. The molecule has 112 valence electrons. The second-order valence-corrected chi connectivity index (χ2v) is 6.25. The molecule has 3 nitrogen and oxygen atoms in total. The zero-order valence-electron chi connectivity index (χ0n) is 13.4. The second kappa shape index (κ2) is 7.21. The molecule has 2 unspecified atom stereocenters. The van der Waals surface area contributed by atoms with Crippen molar-refractivity contribution in [1.29, 1.82) is 0 Å². The average molecular weight is 275 g/mol. The summed E-state index contributed by atoms with van der Waals surface area (Å²) in [4.78, 5) is 4.86. The molecule has 0 saturated carbocycles. The Morgan fingerprint density at radius 1 is 1.25 bits per heavy atom. The van der Waals surface area contributed by atoms with Gasteiger partial charge in [-0.15, -0.1) is 0 Å². The van der Waals surface area contributed by atoms with E-state index in [0.29, 0.717) is 12.1 Å². The van der Waals surface area contributed by atoms with Gasteiger partial charge in [-0.25, -0.2) is 0 Å². The molecule has 3 heteroatoms. The molecule has 1 N–H and O–H groups in total. The van der Waals surface area contributed by atoms with Gasteiger partial charge in [-0.1, -0.05) is 31.2 Å². The third-order valence-electron chi connectivity index (χ3n) is 4.28. The first-order valence-corrected chi connectivity index (χ1v) is 7.79. The van der Waals surface area contributed by atoms with Gasteiger partial charge in [0, 0.05) is 31.7 Å². The van der Waals surface area contributed by atoms with Crippen LogP contribution in [0.1, 0.15) is 25.0 Å². The van der Waals surface area contributed by atoms with Crippen molar-refractivity contribution in [3.8, 4) is 0 Å². The van der Waals surface area contributed by atoms with Crippen molar-refractivity contribution in [3.05, 3.63) is 35.4 Å². The van der Waals surface area contributed by atoms with Gasteiger partial charge >= 0.3 is 0 Å². The lowest BCUT2D eigenvalue weighted by Crippen LogP contribution is -2.49. The third-order valence-corrected chi connectivity index (χ3v) is 4.28. The summed E-state index contributed by atoms with van der Waals surface area (Å²) in [5.41, 5.74) is 2.99. The van der Waals surface area contributed by atoms with Gasteiger partial charge in [-0.3, -0.25) is 4.90 Å². The van der Waals surface area contributed by atoms with Crippen molar-refractivity contribution < 1.29 is 0 Å². The van der Waals surface area contributed by atoms with Crippen molar-refractivity contribution in [1.82, 2.24) is 15.1 Å². The monoisotopic (exact) mass is 275 g/mol. The summed E-state index contributed by atoms with van der Waals surface area (Å²) in [7, 11) is 4.30. The van der Waals surface area contributed by atoms with E-state index in [1.807, 2.05) is 0 Å². The minimum atomic E-state index is 0.578. The van der Waals surface area contributed by atoms with E-state index in [2.05, 4.69) is 67.3 Å². The van der Waals surface area contributed by atoms with Crippen molar-refractivity contribution in [2.75, 3.05) is 33.7 Å². The van der Waals surface area contributed by atoms with Crippen molar-refractivity contribution in [2.45, 2.75) is 38.9 Å². The van der Waals surface area contributed by atoms with E-state index in [4.69, 9.17) is 0 Å². The highest BCUT2D eigenvalue weighted by atomic mass is 15.2. The summed E-state index contributed by atoms with van der Waals surface area (Å²) < 4.78 is 0.